The number of H-pyrrole nitrogens is 1. The highest BCUT2D eigenvalue weighted by Gasteiger charge is 2.30. The maximum Gasteiger partial charge on any atom is 0.273 e. The summed E-state index contributed by atoms with van der Waals surface area (Å²) in [6, 6.07) is 0.473. The van der Waals surface area contributed by atoms with Gasteiger partial charge in [-0.3, -0.25) is 14.8 Å². The molecule has 3 heterocycles. The van der Waals surface area contributed by atoms with Crippen molar-refractivity contribution in [2.45, 2.75) is 37.8 Å². The molecule has 6 nitrogen and oxygen atoms in total. The molecule has 2 fully saturated rings. The van der Waals surface area contributed by atoms with Gasteiger partial charge < -0.3 is 10.0 Å². The molecule has 2 aliphatic rings. The monoisotopic (exact) mass is 312 g/mol. The quantitative estimate of drug-likeness (QED) is 0.858. The molecular weight excluding hydrogens is 292 g/mol. The maximum absolute atomic E-state index is 12.3. The number of carbonyl (C=O) groups excluding carboxylic acids is 1. The number of likely N-dealkylation sites (tertiary alicyclic amines) is 2. The zero-order valence-electron chi connectivity index (χ0n) is 12.0. The molecule has 0 bridgehead atoms. The van der Waals surface area contributed by atoms with Gasteiger partial charge in [0.2, 0.25) is 0 Å². The summed E-state index contributed by atoms with van der Waals surface area (Å²) < 4.78 is 0. The van der Waals surface area contributed by atoms with E-state index in [1.165, 1.54) is 6.20 Å². The van der Waals surface area contributed by atoms with Crippen molar-refractivity contribution < 1.29 is 9.90 Å². The Kier molecular flexibility index (Phi) is 4.47. The Morgan fingerprint density at radius 1 is 1.33 bits per heavy atom. The average molecular weight is 313 g/mol. The Bertz CT molecular complexity index is 499. The van der Waals surface area contributed by atoms with Crippen LogP contribution in [0.3, 0.4) is 0 Å². The number of halogens is 1. The van der Waals surface area contributed by atoms with E-state index in [0.717, 1.165) is 51.9 Å². The van der Waals surface area contributed by atoms with E-state index in [1.54, 1.807) is 0 Å². The third-order valence-corrected chi connectivity index (χ3v) is 4.79. The molecule has 1 amide bonds. The number of aliphatic hydroxyl groups excluding tert-OH is 1. The minimum absolute atomic E-state index is 0.0744. The van der Waals surface area contributed by atoms with Crippen LogP contribution in [0.1, 0.15) is 36.2 Å². The first-order chi connectivity index (χ1) is 10.1. The smallest absolute Gasteiger partial charge is 0.273 e. The van der Waals surface area contributed by atoms with E-state index < -0.39 is 0 Å². The molecule has 0 saturated carbocycles. The second-order valence-corrected chi connectivity index (χ2v) is 6.31. The Labute approximate surface area is 129 Å². The van der Waals surface area contributed by atoms with Crippen molar-refractivity contribution in [2.75, 3.05) is 26.2 Å². The summed E-state index contributed by atoms with van der Waals surface area (Å²) in [5.41, 5.74) is 0.378. The Morgan fingerprint density at radius 3 is 2.71 bits per heavy atom. The molecule has 2 N–H and O–H groups in total. The number of β-amino-alcohol motifs (C(OH)–C–C–N with tert-alkyl or cyclic N) is 1. The van der Waals surface area contributed by atoms with Crippen LogP contribution in [-0.4, -0.2) is 69.3 Å². The molecule has 2 aliphatic heterocycles. The summed E-state index contributed by atoms with van der Waals surface area (Å²) in [5.74, 6) is -0.0744. The van der Waals surface area contributed by atoms with Gasteiger partial charge in [-0.25, -0.2) is 0 Å². The zero-order chi connectivity index (χ0) is 14.8. The number of hydrogen-bond acceptors (Lipinski definition) is 4. The van der Waals surface area contributed by atoms with Crippen molar-refractivity contribution in [3.8, 4) is 0 Å². The topological polar surface area (TPSA) is 72.5 Å². The van der Waals surface area contributed by atoms with Crippen molar-refractivity contribution in [3.63, 3.8) is 0 Å². The first-order valence-corrected chi connectivity index (χ1v) is 7.93. The molecule has 21 heavy (non-hydrogen) atoms. The van der Waals surface area contributed by atoms with E-state index in [2.05, 4.69) is 15.1 Å². The van der Waals surface area contributed by atoms with Crippen molar-refractivity contribution in [1.29, 1.82) is 0 Å². The second kappa shape index (κ2) is 6.34. The lowest BCUT2D eigenvalue weighted by molar-refractivity contribution is 0.0239. The molecule has 2 saturated heterocycles. The third kappa shape index (κ3) is 3.22. The van der Waals surface area contributed by atoms with Crippen LogP contribution in [0.15, 0.2) is 6.20 Å². The van der Waals surface area contributed by atoms with Crippen molar-refractivity contribution in [3.05, 3.63) is 16.9 Å². The molecule has 0 radical (unpaired) electrons. The van der Waals surface area contributed by atoms with Crippen molar-refractivity contribution in [2.24, 2.45) is 0 Å². The molecule has 3 rings (SSSR count). The van der Waals surface area contributed by atoms with Crippen molar-refractivity contribution >= 4 is 17.5 Å². The Morgan fingerprint density at radius 2 is 2.10 bits per heavy atom. The van der Waals surface area contributed by atoms with E-state index in [4.69, 9.17) is 11.6 Å². The molecular formula is C14H21ClN4O2. The van der Waals surface area contributed by atoms with Crippen LogP contribution < -0.4 is 0 Å². The molecule has 0 unspecified atom stereocenters. The van der Waals surface area contributed by atoms with Crippen LogP contribution in [0.4, 0.5) is 0 Å². The van der Waals surface area contributed by atoms with Crippen molar-refractivity contribution in [1.82, 2.24) is 20.0 Å². The summed E-state index contributed by atoms with van der Waals surface area (Å²) in [6.07, 6.45) is 5.13. The summed E-state index contributed by atoms with van der Waals surface area (Å²) in [4.78, 5) is 16.5. The SMILES string of the molecule is O=C(c1[nH]ncc1Cl)N1CCC(N2CCC[C@@H](O)C2)CC1. The molecule has 0 spiro atoms. The molecule has 0 aliphatic carbocycles. The van der Waals surface area contributed by atoms with E-state index in [-0.39, 0.29) is 12.0 Å². The number of hydrogen-bond donors (Lipinski definition) is 2. The number of aromatic amines is 1. The first-order valence-electron chi connectivity index (χ1n) is 7.55. The van der Waals surface area contributed by atoms with Gasteiger partial charge in [-0.15, -0.1) is 0 Å². The number of rotatable bonds is 2. The fourth-order valence-corrected chi connectivity index (χ4v) is 3.50. The van der Waals surface area contributed by atoms with E-state index in [0.29, 0.717) is 16.8 Å². The highest BCUT2D eigenvalue weighted by atomic mass is 35.5. The van der Waals surface area contributed by atoms with Crippen LogP contribution in [0.25, 0.3) is 0 Å². The standard InChI is InChI=1S/C14H21ClN4O2/c15-12-8-16-17-13(12)14(21)18-6-3-10(4-7-18)19-5-1-2-11(20)9-19/h8,10-11,20H,1-7,9H2,(H,16,17)/t11-/m1/s1. The normalized spacial score (nSPS) is 25.2. The predicted octanol–water partition coefficient (Wildman–Crippen LogP) is 1.12. The number of nitrogens with zero attached hydrogens (tertiary/aromatic N) is 3. The molecule has 7 heteroatoms. The van der Waals surface area contributed by atoms with Crippen LogP contribution in [0.5, 0.6) is 0 Å². The van der Waals surface area contributed by atoms with Gasteiger partial charge in [0.05, 0.1) is 17.3 Å². The minimum atomic E-state index is -0.192. The zero-order valence-corrected chi connectivity index (χ0v) is 12.7. The minimum Gasteiger partial charge on any atom is -0.392 e. The van der Waals surface area contributed by atoms with Crippen LogP contribution in [-0.2, 0) is 0 Å². The number of nitrogens with one attached hydrogen (secondary N) is 1. The molecule has 0 aromatic carbocycles. The lowest BCUT2D eigenvalue weighted by Gasteiger charge is -2.41. The summed E-state index contributed by atoms with van der Waals surface area (Å²) >= 11 is 5.94. The predicted molar refractivity (Wildman–Crippen MR) is 79.3 cm³/mol. The molecule has 1 aromatic heterocycles. The Balaban J connectivity index is 1.55. The van der Waals surface area contributed by atoms with Gasteiger partial charge in [-0.2, -0.15) is 5.10 Å². The lowest BCUT2D eigenvalue weighted by atomic mass is 9.99. The van der Waals surface area contributed by atoms with Gasteiger partial charge in [0, 0.05) is 25.7 Å². The Hall–Kier alpha value is -1.11. The molecule has 116 valence electrons. The summed E-state index contributed by atoms with van der Waals surface area (Å²) in [7, 11) is 0. The van der Waals surface area contributed by atoms with Crippen LogP contribution in [0.2, 0.25) is 5.02 Å². The van der Waals surface area contributed by atoms with E-state index in [1.807, 2.05) is 4.90 Å². The number of carbonyl (C=O) groups is 1. The fourth-order valence-electron chi connectivity index (χ4n) is 3.33. The largest absolute Gasteiger partial charge is 0.392 e. The maximum atomic E-state index is 12.3. The summed E-state index contributed by atoms with van der Waals surface area (Å²) in [5, 5.41) is 16.6. The van der Waals surface area contributed by atoms with Gasteiger partial charge in [-0.05, 0) is 32.2 Å². The highest BCUT2D eigenvalue weighted by Crippen LogP contribution is 2.23. The van der Waals surface area contributed by atoms with Gasteiger partial charge in [0.15, 0.2) is 0 Å². The molecule has 1 aromatic rings. The third-order valence-electron chi connectivity index (χ3n) is 4.50. The lowest BCUT2D eigenvalue weighted by Crippen LogP contribution is -2.50. The highest BCUT2D eigenvalue weighted by molar-refractivity contribution is 6.33. The van der Waals surface area contributed by atoms with Gasteiger partial charge >= 0.3 is 0 Å². The van der Waals surface area contributed by atoms with Crippen LogP contribution >= 0.6 is 11.6 Å². The van der Waals surface area contributed by atoms with E-state index in [9.17, 15) is 9.90 Å². The number of aliphatic hydroxyl groups is 1. The van der Waals surface area contributed by atoms with Gasteiger partial charge in [0.25, 0.3) is 5.91 Å². The number of aromatic nitrogens is 2. The van der Waals surface area contributed by atoms with E-state index >= 15 is 0 Å². The van der Waals surface area contributed by atoms with Gasteiger partial charge in [-0.1, -0.05) is 11.6 Å². The fraction of sp³-hybridized carbons (Fsp3) is 0.714. The number of amides is 1. The number of piperidine rings is 2. The summed E-state index contributed by atoms with van der Waals surface area (Å²) in [6.45, 7) is 3.28. The first kappa shape index (κ1) is 14.8. The molecule has 1 atom stereocenters. The second-order valence-electron chi connectivity index (χ2n) is 5.91. The van der Waals surface area contributed by atoms with Crippen LogP contribution in [0, 0.1) is 0 Å². The average Bonchev–Trinajstić information content (AvgIpc) is 2.93. The van der Waals surface area contributed by atoms with Gasteiger partial charge in [0.1, 0.15) is 5.69 Å².